The number of rotatable bonds is 2. The number of allylic oxidation sites excluding steroid dienone is 1. The Kier molecular flexibility index (Phi) is 8.79. The minimum atomic E-state index is -1.87. The van der Waals surface area contributed by atoms with E-state index in [9.17, 15) is 20.1 Å². The van der Waals surface area contributed by atoms with Gasteiger partial charge in [0.1, 0.15) is 17.8 Å². The van der Waals surface area contributed by atoms with Crippen LogP contribution in [0.3, 0.4) is 0 Å². The Morgan fingerprint density at radius 2 is 1.53 bits per heavy atom. The van der Waals surface area contributed by atoms with E-state index in [2.05, 4.69) is 20.8 Å². The molecule has 1 spiro atoms. The monoisotopic (exact) mass is 452 g/mol. The maximum Gasteiger partial charge on any atom is 0.160 e. The molecule has 5 heteroatoms. The smallest absolute Gasteiger partial charge is 0.160 e. The lowest BCUT2D eigenvalue weighted by molar-refractivity contribution is -0.267. The van der Waals surface area contributed by atoms with E-state index in [4.69, 9.17) is 4.74 Å². The molecule has 3 N–H and O–H groups in total. The van der Waals surface area contributed by atoms with Crippen molar-refractivity contribution in [3.8, 4) is 0 Å². The van der Waals surface area contributed by atoms with Crippen molar-refractivity contribution in [1.29, 1.82) is 0 Å². The summed E-state index contributed by atoms with van der Waals surface area (Å²) in [7, 11) is 0. The standard InChI is InChI=1S/C23H36O5.2C2H6/c1-12-9-16-18(25)22(15(4)10-14(3)20(16,5)6)11-13(2)17(24)23(22,27)19(12)28-21(7,8)26;2*1-2/h9,11,14-17,19,24,26-27H,10H2,1-8H3;2*1-2H3/t14-,15+,16?,17?,19?,22?,23?;;/m0../s1. The number of carbonyl (C=O) groups is 1. The molecule has 0 aromatic carbocycles. The molecule has 0 saturated heterocycles. The number of ether oxygens (including phenoxy) is 1. The SMILES string of the molecule is CC.CC.CC1=CC23C(=O)C(C=C(C)C(OC(C)(C)O)C2(O)C1O)C(C)(C)[C@@H](C)C[C@H]3C. The van der Waals surface area contributed by atoms with Gasteiger partial charge in [-0.1, -0.05) is 67.5 Å². The normalized spacial score (nSPS) is 40.3. The van der Waals surface area contributed by atoms with Crippen LogP contribution in [0, 0.1) is 28.6 Å². The van der Waals surface area contributed by atoms with Gasteiger partial charge in [-0.3, -0.25) is 4.79 Å². The van der Waals surface area contributed by atoms with Crippen LogP contribution in [0.15, 0.2) is 23.3 Å². The van der Waals surface area contributed by atoms with Crippen molar-refractivity contribution in [2.45, 2.75) is 113 Å². The van der Waals surface area contributed by atoms with Crippen LogP contribution in [0.2, 0.25) is 0 Å². The fraction of sp³-hybridized carbons (Fsp3) is 0.815. The van der Waals surface area contributed by atoms with E-state index >= 15 is 0 Å². The summed E-state index contributed by atoms with van der Waals surface area (Å²) < 4.78 is 5.93. The molecule has 2 bridgehead atoms. The number of Topliss-reactive ketones (excluding diaryl/α,β-unsaturated/α-hetero) is 1. The van der Waals surface area contributed by atoms with E-state index in [1.54, 1.807) is 13.0 Å². The van der Waals surface area contributed by atoms with Gasteiger partial charge in [0, 0.05) is 5.92 Å². The maximum absolute atomic E-state index is 14.1. The fourth-order valence-corrected chi connectivity index (χ4v) is 5.92. The van der Waals surface area contributed by atoms with Crippen LogP contribution in [0.1, 0.15) is 89.5 Å². The number of ketones is 1. The third kappa shape index (κ3) is 4.15. The van der Waals surface area contributed by atoms with Crippen LogP contribution in [0.5, 0.6) is 0 Å². The third-order valence-corrected chi connectivity index (χ3v) is 7.86. The summed E-state index contributed by atoms with van der Waals surface area (Å²) in [6.07, 6.45) is 2.19. The number of hydrogen-bond acceptors (Lipinski definition) is 5. The van der Waals surface area contributed by atoms with Gasteiger partial charge in [-0.2, -0.15) is 0 Å². The molecule has 0 amide bonds. The zero-order valence-electron chi connectivity index (χ0n) is 22.4. The Hall–Kier alpha value is -1.01. The van der Waals surface area contributed by atoms with Crippen molar-refractivity contribution in [1.82, 2.24) is 0 Å². The van der Waals surface area contributed by atoms with Crippen molar-refractivity contribution in [3.63, 3.8) is 0 Å². The number of hydrogen-bond donors (Lipinski definition) is 3. The third-order valence-electron chi connectivity index (χ3n) is 7.86. The van der Waals surface area contributed by atoms with Gasteiger partial charge in [0.25, 0.3) is 0 Å². The molecule has 5 nitrogen and oxygen atoms in total. The molecule has 3 rings (SSSR count). The van der Waals surface area contributed by atoms with E-state index in [0.29, 0.717) is 11.1 Å². The summed E-state index contributed by atoms with van der Waals surface area (Å²) >= 11 is 0. The first-order valence-electron chi connectivity index (χ1n) is 12.3. The predicted molar refractivity (Wildman–Crippen MR) is 130 cm³/mol. The second-order valence-corrected chi connectivity index (χ2v) is 10.5. The van der Waals surface area contributed by atoms with Gasteiger partial charge in [-0.25, -0.2) is 0 Å². The Labute approximate surface area is 196 Å². The van der Waals surface area contributed by atoms with Crippen molar-refractivity contribution in [3.05, 3.63) is 23.3 Å². The molecule has 0 heterocycles. The lowest BCUT2D eigenvalue weighted by atomic mass is 9.59. The lowest BCUT2D eigenvalue weighted by Gasteiger charge is -2.50. The molecule has 1 saturated carbocycles. The molecular weight excluding hydrogens is 404 g/mol. The number of carbonyl (C=O) groups excluding carboxylic acids is 1. The van der Waals surface area contributed by atoms with E-state index in [-0.39, 0.29) is 23.0 Å². The summed E-state index contributed by atoms with van der Waals surface area (Å²) in [5.74, 6) is -1.94. The fourth-order valence-electron chi connectivity index (χ4n) is 5.92. The van der Waals surface area contributed by atoms with Gasteiger partial charge in [0.05, 0.1) is 5.41 Å². The molecule has 32 heavy (non-hydrogen) atoms. The number of fused-ring (bicyclic) bond motifs is 1. The van der Waals surface area contributed by atoms with Crippen LogP contribution >= 0.6 is 0 Å². The highest BCUT2D eigenvalue weighted by Gasteiger charge is 2.72. The molecule has 5 unspecified atom stereocenters. The molecule has 186 valence electrons. The summed E-state index contributed by atoms with van der Waals surface area (Å²) in [6.45, 7) is 22.9. The second kappa shape index (κ2) is 9.69. The van der Waals surface area contributed by atoms with E-state index < -0.39 is 34.9 Å². The van der Waals surface area contributed by atoms with Crippen LogP contribution in [-0.2, 0) is 9.53 Å². The van der Waals surface area contributed by atoms with E-state index in [1.807, 2.05) is 47.6 Å². The van der Waals surface area contributed by atoms with Crippen LogP contribution < -0.4 is 0 Å². The summed E-state index contributed by atoms with van der Waals surface area (Å²) in [4.78, 5) is 14.1. The Bertz CT molecular complexity index is 744. The highest BCUT2D eigenvalue weighted by molar-refractivity contribution is 5.95. The topological polar surface area (TPSA) is 87.0 Å². The molecule has 0 radical (unpaired) electrons. The van der Waals surface area contributed by atoms with Crippen molar-refractivity contribution < 1.29 is 24.9 Å². The summed E-state index contributed by atoms with van der Waals surface area (Å²) in [5.41, 5.74) is -2.21. The van der Waals surface area contributed by atoms with Crippen LogP contribution in [-0.4, -0.2) is 44.7 Å². The van der Waals surface area contributed by atoms with Crippen molar-refractivity contribution in [2.24, 2.45) is 28.6 Å². The van der Waals surface area contributed by atoms with Crippen molar-refractivity contribution in [2.75, 3.05) is 0 Å². The van der Waals surface area contributed by atoms with E-state index in [0.717, 1.165) is 6.42 Å². The van der Waals surface area contributed by atoms with Crippen LogP contribution in [0.4, 0.5) is 0 Å². The minimum Gasteiger partial charge on any atom is -0.386 e. The average molecular weight is 453 g/mol. The van der Waals surface area contributed by atoms with E-state index in [1.165, 1.54) is 13.8 Å². The molecule has 7 atom stereocenters. The zero-order valence-corrected chi connectivity index (χ0v) is 22.4. The number of aliphatic hydroxyl groups is 3. The largest absolute Gasteiger partial charge is 0.386 e. The Balaban J connectivity index is 0.00000121. The molecule has 3 aliphatic carbocycles. The number of aliphatic hydroxyl groups excluding tert-OH is 1. The van der Waals surface area contributed by atoms with Gasteiger partial charge in [0.15, 0.2) is 11.6 Å². The lowest BCUT2D eigenvalue weighted by Crippen LogP contribution is -2.66. The average Bonchev–Trinajstić information content (AvgIpc) is 2.87. The van der Waals surface area contributed by atoms with Gasteiger partial charge in [0.2, 0.25) is 0 Å². The first-order chi connectivity index (χ1) is 14.6. The van der Waals surface area contributed by atoms with Crippen LogP contribution in [0.25, 0.3) is 0 Å². The summed E-state index contributed by atoms with van der Waals surface area (Å²) in [6, 6.07) is 0. The molecule has 0 aromatic rings. The second-order valence-electron chi connectivity index (χ2n) is 10.5. The minimum absolute atomic E-state index is 0.0612. The Morgan fingerprint density at radius 1 is 1.03 bits per heavy atom. The first kappa shape index (κ1) is 29.0. The van der Waals surface area contributed by atoms with Gasteiger partial charge >= 0.3 is 0 Å². The quantitative estimate of drug-likeness (QED) is 0.404. The Morgan fingerprint density at radius 3 is 2.00 bits per heavy atom. The van der Waals surface area contributed by atoms with Gasteiger partial charge in [-0.15, -0.1) is 0 Å². The molecule has 0 aliphatic heterocycles. The first-order valence-corrected chi connectivity index (χ1v) is 12.3. The molecular formula is C27H48O5. The highest BCUT2D eigenvalue weighted by Crippen LogP contribution is 2.62. The van der Waals surface area contributed by atoms with Crippen molar-refractivity contribution >= 4 is 5.78 Å². The van der Waals surface area contributed by atoms with Gasteiger partial charge in [-0.05, 0) is 62.5 Å². The molecule has 3 aliphatic rings. The molecule has 1 fully saturated rings. The summed E-state index contributed by atoms with van der Waals surface area (Å²) in [5, 5.41) is 33.7. The predicted octanol–water partition coefficient (Wildman–Crippen LogP) is 5.04. The maximum atomic E-state index is 14.1. The van der Waals surface area contributed by atoms with Gasteiger partial charge < -0.3 is 20.1 Å². The molecule has 0 aromatic heterocycles. The highest BCUT2D eigenvalue weighted by atomic mass is 16.6. The zero-order chi connectivity index (χ0) is 25.4.